The van der Waals surface area contributed by atoms with Crippen LogP contribution >= 0.6 is 11.6 Å². The molecule has 0 aliphatic rings. The zero-order valence-corrected chi connectivity index (χ0v) is 18.1. The van der Waals surface area contributed by atoms with Gasteiger partial charge in [0.05, 0.1) is 29.5 Å². The summed E-state index contributed by atoms with van der Waals surface area (Å²) in [6.45, 7) is 7.45. The molecule has 9 heteroatoms. The van der Waals surface area contributed by atoms with E-state index in [1.807, 2.05) is 19.1 Å². The second-order valence-electron chi connectivity index (χ2n) is 7.77. The lowest BCUT2D eigenvalue weighted by Crippen LogP contribution is -2.48. The number of carbonyl (C=O) groups is 2. The number of rotatable bonds is 6. The van der Waals surface area contributed by atoms with E-state index in [1.54, 1.807) is 39.2 Å². The van der Waals surface area contributed by atoms with E-state index in [9.17, 15) is 9.59 Å². The van der Waals surface area contributed by atoms with Crippen molar-refractivity contribution in [3.05, 3.63) is 35.6 Å². The third-order valence-electron chi connectivity index (χ3n) is 4.23. The molecule has 2 heterocycles. The van der Waals surface area contributed by atoms with Crippen molar-refractivity contribution in [2.75, 3.05) is 18.5 Å². The number of ether oxygens (including phenoxy) is 2. The van der Waals surface area contributed by atoms with E-state index >= 15 is 0 Å². The van der Waals surface area contributed by atoms with Crippen LogP contribution in [0.1, 0.15) is 27.7 Å². The topological polar surface area (TPSA) is 105 Å². The Morgan fingerprint density at radius 1 is 1.27 bits per heavy atom. The Hall–Kier alpha value is -2.84. The van der Waals surface area contributed by atoms with Gasteiger partial charge in [-0.25, -0.2) is 4.79 Å². The highest BCUT2D eigenvalue weighted by Crippen LogP contribution is 2.33. The van der Waals surface area contributed by atoms with Crippen LogP contribution in [-0.2, 0) is 14.3 Å². The minimum Gasteiger partial charge on any atom is -0.444 e. The summed E-state index contributed by atoms with van der Waals surface area (Å²) >= 11 is 6.29. The molecule has 0 aliphatic carbocycles. The summed E-state index contributed by atoms with van der Waals surface area (Å²) in [5.41, 5.74) is 1.34. The molecule has 0 saturated carbocycles. The highest BCUT2D eigenvalue weighted by Gasteiger charge is 2.25. The van der Waals surface area contributed by atoms with Crippen molar-refractivity contribution in [3.63, 3.8) is 0 Å². The average molecular weight is 433 g/mol. The SMILES string of the molecule is CCOCC(NC(=O)OC(C)(C)C)C(=O)Nc1cc(Cl)cc2c1[nH]c1cnccc12. The number of carbonyl (C=O) groups excluding carboxylic acids is 2. The van der Waals surface area contributed by atoms with E-state index in [1.165, 1.54) is 0 Å². The molecular weight excluding hydrogens is 408 g/mol. The molecule has 1 atom stereocenters. The predicted octanol–water partition coefficient (Wildman–Crippen LogP) is 4.24. The van der Waals surface area contributed by atoms with Crippen molar-refractivity contribution in [2.45, 2.75) is 39.3 Å². The second-order valence-corrected chi connectivity index (χ2v) is 8.21. The van der Waals surface area contributed by atoms with E-state index in [0.29, 0.717) is 22.8 Å². The van der Waals surface area contributed by atoms with Gasteiger partial charge in [0.2, 0.25) is 5.91 Å². The van der Waals surface area contributed by atoms with Crippen molar-refractivity contribution in [3.8, 4) is 0 Å². The Morgan fingerprint density at radius 3 is 2.73 bits per heavy atom. The number of nitrogens with zero attached hydrogens (tertiary/aromatic N) is 1. The number of benzene rings is 1. The first-order valence-electron chi connectivity index (χ1n) is 9.61. The van der Waals surface area contributed by atoms with Crippen LogP contribution < -0.4 is 10.6 Å². The van der Waals surface area contributed by atoms with Crippen molar-refractivity contribution in [1.82, 2.24) is 15.3 Å². The largest absolute Gasteiger partial charge is 0.444 e. The lowest BCUT2D eigenvalue weighted by Gasteiger charge is -2.23. The molecule has 160 valence electrons. The van der Waals surface area contributed by atoms with Crippen molar-refractivity contribution >= 4 is 51.1 Å². The van der Waals surface area contributed by atoms with E-state index in [2.05, 4.69) is 20.6 Å². The molecule has 3 aromatic rings. The lowest BCUT2D eigenvalue weighted by molar-refractivity contribution is -0.119. The van der Waals surface area contributed by atoms with Gasteiger partial charge in [0.1, 0.15) is 11.6 Å². The number of aromatic nitrogens is 2. The maximum atomic E-state index is 13.0. The number of fused-ring (bicyclic) bond motifs is 3. The van der Waals surface area contributed by atoms with E-state index in [4.69, 9.17) is 21.1 Å². The maximum Gasteiger partial charge on any atom is 0.408 e. The monoisotopic (exact) mass is 432 g/mol. The summed E-state index contributed by atoms with van der Waals surface area (Å²) in [5, 5.41) is 7.67. The molecule has 1 aromatic carbocycles. The molecule has 2 amide bonds. The first-order valence-corrected chi connectivity index (χ1v) is 9.99. The number of H-pyrrole nitrogens is 1. The van der Waals surface area contributed by atoms with Crippen molar-refractivity contribution < 1.29 is 19.1 Å². The van der Waals surface area contributed by atoms with Crippen molar-refractivity contribution in [1.29, 1.82) is 0 Å². The number of halogens is 1. The summed E-state index contributed by atoms with van der Waals surface area (Å²) in [6, 6.07) is 4.40. The van der Waals surface area contributed by atoms with Crippen LogP contribution in [0.5, 0.6) is 0 Å². The molecule has 3 rings (SSSR count). The van der Waals surface area contributed by atoms with Gasteiger partial charge in [-0.05, 0) is 45.9 Å². The molecule has 0 spiro atoms. The first kappa shape index (κ1) is 21.9. The summed E-state index contributed by atoms with van der Waals surface area (Å²) in [5.74, 6) is -0.449. The van der Waals surface area contributed by atoms with Crippen LogP contribution in [0.4, 0.5) is 10.5 Å². The van der Waals surface area contributed by atoms with Crippen LogP contribution in [0.3, 0.4) is 0 Å². The third kappa shape index (κ3) is 5.20. The van der Waals surface area contributed by atoms with E-state index in [0.717, 1.165) is 16.3 Å². The summed E-state index contributed by atoms with van der Waals surface area (Å²) in [4.78, 5) is 32.5. The van der Waals surface area contributed by atoms with Crippen LogP contribution in [0, 0.1) is 0 Å². The Kier molecular flexibility index (Phi) is 6.48. The minimum atomic E-state index is -0.945. The Balaban J connectivity index is 1.87. The summed E-state index contributed by atoms with van der Waals surface area (Å²) < 4.78 is 10.6. The Labute approximate surface area is 179 Å². The lowest BCUT2D eigenvalue weighted by atomic mass is 10.1. The molecule has 0 aliphatic heterocycles. The standard InChI is InChI=1S/C21H25ClN4O4/c1-5-29-11-17(26-20(28)30-21(2,3)4)19(27)25-15-9-12(22)8-14-13-6-7-23-10-16(13)24-18(14)15/h6-10,17,24H,5,11H2,1-4H3,(H,25,27)(H,26,28). The summed E-state index contributed by atoms with van der Waals surface area (Å²) in [7, 11) is 0. The number of hydrogen-bond donors (Lipinski definition) is 3. The number of amides is 2. The highest BCUT2D eigenvalue weighted by molar-refractivity contribution is 6.33. The van der Waals surface area contributed by atoms with Crippen LogP contribution in [-0.4, -0.2) is 46.8 Å². The molecule has 8 nitrogen and oxygen atoms in total. The van der Waals surface area contributed by atoms with Gasteiger partial charge in [-0.3, -0.25) is 9.78 Å². The van der Waals surface area contributed by atoms with E-state index < -0.39 is 23.6 Å². The van der Waals surface area contributed by atoms with Gasteiger partial charge in [-0.2, -0.15) is 0 Å². The zero-order valence-electron chi connectivity index (χ0n) is 17.3. The second kappa shape index (κ2) is 8.89. The molecular formula is C21H25ClN4O4. The van der Waals surface area contributed by atoms with Gasteiger partial charge < -0.3 is 25.1 Å². The van der Waals surface area contributed by atoms with Gasteiger partial charge in [0.25, 0.3) is 0 Å². The van der Waals surface area contributed by atoms with Crippen LogP contribution in [0.2, 0.25) is 5.02 Å². The number of nitrogens with one attached hydrogen (secondary N) is 3. The molecule has 3 N–H and O–H groups in total. The number of alkyl carbamates (subject to hydrolysis) is 1. The number of anilines is 1. The number of hydrogen-bond acceptors (Lipinski definition) is 5. The van der Waals surface area contributed by atoms with Crippen molar-refractivity contribution in [2.24, 2.45) is 0 Å². The molecule has 30 heavy (non-hydrogen) atoms. The fourth-order valence-corrected chi connectivity index (χ4v) is 3.22. The van der Waals surface area contributed by atoms with Gasteiger partial charge in [0.15, 0.2) is 0 Å². The van der Waals surface area contributed by atoms with Crippen LogP contribution in [0.15, 0.2) is 30.6 Å². The number of pyridine rings is 1. The quantitative estimate of drug-likeness (QED) is 0.540. The molecule has 0 saturated heterocycles. The van der Waals surface area contributed by atoms with Gasteiger partial charge in [-0.1, -0.05) is 11.6 Å². The Morgan fingerprint density at radius 2 is 2.03 bits per heavy atom. The average Bonchev–Trinajstić information content (AvgIpc) is 3.02. The number of aromatic amines is 1. The van der Waals surface area contributed by atoms with E-state index in [-0.39, 0.29) is 6.61 Å². The fourth-order valence-electron chi connectivity index (χ4n) is 3.00. The fraction of sp³-hybridized carbons (Fsp3) is 0.381. The zero-order chi connectivity index (χ0) is 21.9. The van der Waals surface area contributed by atoms with Gasteiger partial charge in [-0.15, -0.1) is 0 Å². The molecule has 0 radical (unpaired) electrons. The Bertz CT molecular complexity index is 1070. The first-order chi connectivity index (χ1) is 14.2. The maximum absolute atomic E-state index is 13.0. The third-order valence-corrected chi connectivity index (χ3v) is 4.45. The highest BCUT2D eigenvalue weighted by atomic mass is 35.5. The predicted molar refractivity (Wildman–Crippen MR) is 117 cm³/mol. The van der Waals surface area contributed by atoms with Crippen LogP contribution in [0.25, 0.3) is 21.8 Å². The molecule has 0 bridgehead atoms. The minimum absolute atomic E-state index is 0.00189. The summed E-state index contributed by atoms with van der Waals surface area (Å²) in [6.07, 6.45) is 2.70. The molecule has 2 aromatic heterocycles. The van der Waals surface area contributed by atoms with Gasteiger partial charge >= 0.3 is 6.09 Å². The molecule has 0 fully saturated rings. The normalized spacial score (nSPS) is 12.7. The molecule has 1 unspecified atom stereocenters. The van der Waals surface area contributed by atoms with Gasteiger partial charge in [0, 0.05) is 28.6 Å². The smallest absolute Gasteiger partial charge is 0.408 e.